The Hall–Kier alpha value is -2.93. The number of hydrogen-bond acceptors (Lipinski definition) is 7. The van der Waals surface area contributed by atoms with Gasteiger partial charge in [-0.15, -0.1) is 0 Å². The number of pyridine rings is 1. The normalized spacial score (nSPS) is 21.1. The molecule has 144 valence electrons. The molecule has 5 rings (SSSR count). The predicted octanol–water partition coefficient (Wildman–Crippen LogP) is 3.06. The molecule has 1 saturated carbocycles. The van der Waals surface area contributed by atoms with Crippen LogP contribution in [0.25, 0.3) is 22.0 Å². The highest BCUT2D eigenvalue weighted by Crippen LogP contribution is 2.39. The minimum atomic E-state index is 0.277. The summed E-state index contributed by atoms with van der Waals surface area (Å²) in [6.45, 7) is 3.07. The number of nitrogens with two attached hydrogens (primary N) is 1. The molecule has 0 saturated heterocycles. The molecule has 2 aromatic heterocycles. The predicted molar refractivity (Wildman–Crippen MR) is 108 cm³/mol. The van der Waals surface area contributed by atoms with E-state index in [2.05, 4.69) is 27.4 Å². The van der Waals surface area contributed by atoms with Gasteiger partial charge in [-0.3, -0.25) is 0 Å². The Labute approximate surface area is 163 Å². The molecule has 1 fully saturated rings. The average Bonchev–Trinajstić information content (AvgIpc) is 3.12. The maximum Gasteiger partial charge on any atom is 0.257 e. The minimum Gasteiger partial charge on any atom is -0.484 e. The lowest BCUT2D eigenvalue weighted by molar-refractivity contribution is 0.165. The fourth-order valence-corrected chi connectivity index (χ4v) is 4.02. The highest BCUT2D eigenvalue weighted by molar-refractivity contribution is 5.88. The van der Waals surface area contributed by atoms with E-state index in [1.54, 1.807) is 6.20 Å². The van der Waals surface area contributed by atoms with Crippen molar-refractivity contribution in [2.75, 3.05) is 18.5 Å². The lowest BCUT2D eigenvalue weighted by Crippen LogP contribution is -2.21. The fraction of sp³-hybridized carbons (Fsp3) is 0.381. The Bertz CT molecular complexity index is 1040. The first-order valence-electron chi connectivity index (χ1n) is 9.73. The summed E-state index contributed by atoms with van der Waals surface area (Å²) in [5.74, 6) is 1.92. The Morgan fingerprint density at radius 2 is 2.00 bits per heavy atom. The summed E-state index contributed by atoms with van der Waals surface area (Å²) in [6.07, 6.45) is 4.83. The molecular weight excluding hydrogens is 354 g/mol. The van der Waals surface area contributed by atoms with Gasteiger partial charge >= 0.3 is 0 Å². The van der Waals surface area contributed by atoms with Crippen molar-refractivity contribution in [2.24, 2.45) is 5.73 Å². The zero-order chi connectivity index (χ0) is 19.1. The summed E-state index contributed by atoms with van der Waals surface area (Å²) < 4.78 is 11.4. The van der Waals surface area contributed by atoms with Crippen LogP contribution in [-0.2, 0) is 0 Å². The molecule has 7 heteroatoms. The Kier molecular flexibility index (Phi) is 4.24. The SMILES string of the molecule is Cc1nc(N[C@@H]2CC[C@H](N)C2)nc2ccc(-c3ccnc4c3OCCO4)cc12. The number of rotatable bonds is 3. The van der Waals surface area contributed by atoms with Gasteiger partial charge in [-0.1, -0.05) is 6.07 Å². The monoisotopic (exact) mass is 377 g/mol. The summed E-state index contributed by atoms with van der Waals surface area (Å²) >= 11 is 0. The van der Waals surface area contributed by atoms with Crippen LogP contribution in [0.4, 0.5) is 5.95 Å². The quantitative estimate of drug-likeness (QED) is 0.724. The van der Waals surface area contributed by atoms with E-state index in [-0.39, 0.29) is 6.04 Å². The standard InChI is InChI=1S/C21H23N5O2/c1-12-17-10-13(16-6-7-23-20-19(16)27-8-9-28-20)2-5-18(17)26-21(24-12)25-15-4-3-14(22)11-15/h2,5-7,10,14-15H,3-4,8-9,11,22H2,1H3,(H,24,25,26)/t14-,15+/m0/s1. The van der Waals surface area contributed by atoms with Crippen molar-refractivity contribution in [3.63, 3.8) is 0 Å². The summed E-state index contributed by atoms with van der Waals surface area (Å²) in [5.41, 5.74) is 9.87. The zero-order valence-corrected chi connectivity index (χ0v) is 15.8. The molecule has 1 aliphatic carbocycles. The molecule has 0 radical (unpaired) electrons. The summed E-state index contributed by atoms with van der Waals surface area (Å²) in [4.78, 5) is 13.7. The molecule has 3 aromatic rings. The minimum absolute atomic E-state index is 0.277. The molecule has 28 heavy (non-hydrogen) atoms. The van der Waals surface area contributed by atoms with Crippen LogP contribution < -0.4 is 20.5 Å². The van der Waals surface area contributed by atoms with E-state index in [9.17, 15) is 0 Å². The zero-order valence-electron chi connectivity index (χ0n) is 15.8. The van der Waals surface area contributed by atoms with Crippen molar-refractivity contribution in [3.05, 3.63) is 36.2 Å². The van der Waals surface area contributed by atoms with Crippen molar-refractivity contribution >= 4 is 16.9 Å². The highest BCUT2D eigenvalue weighted by Gasteiger charge is 2.23. The van der Waals surface area contributed by atoms with Gasteiger partial charge < -0.3 is 20.5 Å². The second-order valence-corrected chi connectivity index (χ2v) is 7.47. The number of nitrogens with zero attached hydrogens (tertiary/aromatic N) is 3. The van der Waals surface area contributed by atoms with Crippen LogP contribution in [0.15, 0.2) is 30.5 Å². The molecule has 1 aliphatic heterocycles. The van der Waals surface area contributed by atoms with Crippen LogP contribution in [0, 0.1) is 6.92 Å². The maximum absolute atomic E-state index is 6.02. The number of nitrogens with one attached hydrogen (secondary N) is 1. The Morgan fingerprint density at radius 3 is 2.86 bits per heavy atom. The molecule has 0 bridgehead atoms. The van der Waals surface area contributed by atoms with E-state index in [1.807, 2.05) is 19.1 Å². The molecule has 3 N–H and O–H groups in total. The first kappa shape index (κ1) is 17.2. The average molecular weight is 377 g/mol. The van der Waals surface area contributed by atoms with Gasteiger partial charge in [0, 0.05) is 29.2 Å². The number of fused-ring (bicyclic) bond motifs is 2. The second kappa shape index (κ2) is 6.91. The molecule has 2 atom stereocenters. The van der Waals surface area contributed by atoms with Gasteiger partial charge in [-0.05, 0) is 49.9 Å². The van der Waals surface area contributed by atoms with Crippen LogP contribution in [0.1, 0.15) is 25.0 Å². The molecule has 0 spiro atoms. The van der Waals surface area contributed by atoms with Crippen LogP contribution in [-0.4, -0.2) is 40.2 Å². The van der Waals surface area contributed by atoms with Gasteiger partial charge in [-0.2, -0.15) is 0 Å². The number of hydrogen-bond donors (Lipinski definition) is 2. The molecule has 0 amide bonds. The van der Waals surface area contributed by atoms with Crippen LogP contribution in [0.5, 0.6) is 11.6 Å². The highest BCUT2D eigenvalue weighted by atomic mass is 16.6. The number of ether oxygens (including phenoxy) is 2. The second-order valence-electron chi connectivity index (χ2n) is 7.47. The van der Waals surface area contributed by atoms with E-state index < -0.39 is 0 Å². The summed E-state index contributed by atoms with van der Waals surface area (Å²) in [6, 6.07) is 8.77. The van der Waals surface area contributed by atoms with E-state index in [4.69, 9.17) is 20.2 Å². The van der Waals surface area contributed by atoms with Crippen molar-refractivity contribution in [2.45, 2.75) is 38.3 Å². The third-order valence-corrected chi connectivity index (χ3v) is 5.44. The lowest BCUT2D eigenvalue weighted by Gasteiger charge is -2.20. The molecular formula is C21H23N5O2. The molecule has 2 aliphatic rings. The number of aryl methyl sites for hydroxylation is 1. The smallest absolute Gasteiger partial charge is 0.257 e. The number of benzene rings is 1. The van der Waals surface area contributed by atoms with Gasteiger partial charge in [0.15, 0.2) is 5.75 Å². The third-order valence-electron chi connectivity index (χ3n) is 5.44. The molecule has 7 nitrogen and oxygen atoms in total. The van der Waals surface area contributed by atoms with Gasteiger partial charge in [0.05, 0.1) is 11.2 Å². The first-order chi connectivity index (χ1) is 13.7. The summed E-state index contributed by atoms with van der Waals surface area (Å²) in [5, 5.41) is 4.47. The topological polar surface area (TPSA) is 95.2 Å². The van der Waals surface area contributed by atoms with E-state index >= 15 is 0 Å². The van der Waals surface area contributed by atoms with Crippen molar-refractivity contribution < 1.29 is 9.47 Å². The van der Waals surface area contributed by atoms with Crippen molar-refractivity contribution in [3.8, 4) is 22.8 Å². The molecule has 1 aromatic carbocycles. The van der Waals surface area contributed by atoms with Crippen LogP contribution in [0.2, 0.25) is 0 Å². The van der Waals surface area contributed by atoms with Gasteiger partial charge in [0.2, 0.25) is 5.95 Å². The lowest BCUT2D eigenvalue weighted by atomic mass is 10.0. The van der Waals surface area contributed by atoms with Gasteiger partial charge in [0.25, 0.3) is 5.88 Å². The van der Waals surface area contributed by atoms with Gasteiger partial charge in [-0.25, -0.2) is 15.0 Å². The van der Waals surface area contributed by atoms with Crippen molar-refractivity contribution in [1.29, 1.82) is 0 Å². The number of anilines is 1. The third kappa shape index (κ3) is 3.11. The molecule has 0 unspecified atom stereocenters. The number of aromatic nitrogens is 3. The largest absolute Gasteiger partial charge is 0.484 e. The van der Waals surface area contributed by atoms with Gasteiger partial charge in [0.1, 0.15) is 13.2 Å². The van der Waals surface area contributed by atoms with Crippen LogP contribution >= 0.6 is 0 Å². The first-order valence-corrected chi connectivity index (χ1v) is 9.73. The Balaban J connectivity index is 1.50. The maximum atomic E-state index is 6.02. The van der Waals surface area contributed by atoms with Crippen molar-refractivity contribution in [1.82, 2.24) is 15.0 Å². The molecule has 3 heterocycles. The Morgan fingerprint density at radius 1 is 1.11 bits per heavy atom. The fourth-order valence-electron chi connectivity index (χ4n) is 4.02. The van der Waals surface area contributed by atoms with E-state index in [1.165, 1.54) is 0 Å². The summed E-state index contributed by atoms with van der Waals surface area (Å²) in [7, 11) is 0. The van der Waals surface area contributed by atoms with E-state index in [0.717, 1.165) is 47.0 Å². The van der Waals surface area contributed by atoms with Crippen LogP contribution in [0.3, 0.4) is 0 Å². The van der Waals surface area contributed by atoms with E-state index in [0.29, 0.717) is 36.8 Å².